The van der Waals surface area contributed by atoms with Crippen LogP contribution in [-0.4, -0.2) is 114 Å². The van der Waals surface area contributed by atoms with Crippen molar-refractivity contribution in [2.45, 2.75) is 38.5 Å². The molecule has 0 heterocycles. The summed E-state index contributed by atoms with van der Waals surface area (Å²) < 4.78 is 51.1. The molecule has 0 saturated heterocycles. The van der Waals surface area contributed by atoms with E-state index >= 15 is 0 Å². The maximum absolute atomic E-state index is 13.7. The van der Waals surface area contributed by atoms with Gasteiger partial charge in [-0.3, -0.25) is 9.13 Å². The van der Waals surface area contributed by atoms with Crippen molar-refractivity contribution in [3.63, 3.8) is 0 Å². The van der Waals surface area contributed by atoms with E-state index < -0.39 is 15.2 Å². The lowest BCUT2D eigenvalue weighted by Gasteiger charge is -2.24. The Morgan fingerprint density at radius 2 is 0.792 bits per heavy atom. The number of nitrogens with two attached hydrogens (primary N) is 4. The van der Waals surface area contributed by atoms with Crippen molar-refractivity contribution in [3.05, 3.63) is 71.8 Å². The zero-order valence-electron chi connectivity index (χ0n) is 28.9. The summed E-state index contributed by atoms with van der Waals surface area (Å²) >= 11 is 0. The average Bonchev–Trinajstić information content (AvgIpc) is 3.09. The molecule has 0 aliphatic carbocycles. The van der Waals surface area contributed by atoms with E-state index in [1.807, 2.05) is 60.7 Å². The second kappa shape index (κ2) is 26.3. The highest BCUT2D eigenvalue weighted by molar-refractivity contribution is 7.54. The Kier molecular flexibility index (Phi) is 23.4. The summed E-state index contributed by atoms with van der Waals surface area (Å²) in [6, 6.07) is 19.9. The minimum Gasteiger partial charge on any atom is -0.329 e. The summed E-state index contributed by atoms with van der Waals surface area (Å²) in [5.74, 6) is 0. The van der Waals surface area contributed by atoms with Crippen LogP contribution in [0.4, 0.5) is 0 Å². The van der Waals surface area contributed by atoms with Gasteiger partial charge in [-0.15, -0.1) is 0 Å². The molecule has 0 aromatic heterocycles. The summed E-state index contributed by atoms with van der Waals surface area (Å²) in [7, 11) is -6.64. The second-order valence-electron chi connectivity index (χ2n) is 11.7. The number of nitrogens with zero attached hydrogens (tertiary/aromatic N) is 2. The molecule has 48 heavy (non-hydrogen) atoms. The van der Waals surface area contributed by atoms with Crippen LogP contribution in [-0.2, 0) is 40.1 Å². The minimum absolute atomic E-state index is 0.281. The van der Waals surface area contributed by atoms with Gasteiger partial charge in [0.05, 0.1) is 38.8 Å². The van der Waals surface area contributed by atoms with Gasteiger partial charge in [0.1, 0.15) is 0 Å². The molecule has 0 amide bonds. The van der Waals surface area contributed by atoms with Gasteiger partial charge in [-0.05, 0) is 36.8 Å². The number of hydrogen-bond acceptors (Lipinski definition) is 12. The zero-order chi connectivity index (χ0) is 34.8. The highest BCUT2D eigenvalue weighted by atomic mass is 31.2. The Bertz CT molecular complexity index is 1050. The van der Waals surface area contributed by atoms with Gasteiger partial charge in [0.15, 0.2) is 0 Å². The predicted molar refractivity (Wildman–Crippen MR) is 197 cm³/mol. The van der Waals surface area contributed by atoms with E-state index in [2.05, 4.69) is 9.80 Å². The summed E-state index contributed by atoms with van der Waals surface area (Å²) in [6.07, 6.45) is 5.01. The van der Waals surface area contributed by atoms with Crippen molar-refractivity contribution in [1.82, 2.24) is 9.80 Å². The number of rotatable bonds is 31. The Morgan fingerprint density at radius 1 is 0.458 bits per heavy atom. The van der Waals surface area contributed by atoms with Crippen LogP contribution in [0.25, 0.3) is 0 Å². The van der Waals surface area contributed by atoms with E-state index in [1.54, 1.807) is 0 Å². The third kappa shape index (κ3) is 19.6. The third-order valence-electron chi connectivity index (χ3n) is 7.82. The SMILES string of the molecule is NCCN(CCN)CCP(=O)(OCCCCCCOP(=O)(CCN(CCN)CCN)OCCc1ccccc1)OCCc1ccccc1. The van der Waals surface area contributed by atoms with Crippen molar-refractivity contribution < 1.29 is 27.2 Å². The number of hydrogen-bond donors (Lipinski definition) is 4. The van der Waals surface area contributed by atoms with E-state index in [4.69, 9.17) is 41.0 Å². The Balaban J connectivity index is 1.81. The molecule has 0 aliphatic rings. The fourth-order valence-corrected chi connectivity index (χ4v) is 8.40. The highest BCUT2D eigenvalue weighted by Crippen LogP contribution is 2.49. The minimum atomic E-state index is -3.32. The third-order valence-corrected chi connectivity index (χ3v) is 11.6. The summed E-state index contributed by atoms with van der Waals surface area (Å²) in [5.41, 5.74) is 25.2. The largest absolute Gasteiger partial charge is 0.331 e. The highest BCUT2D eigenvalue weighted by Gasteiger charge is 2.27. The van der Waals surface area contributed by atoms with Crippen LogP contribution in [0, 0.1) is 0 Å². The van der Waals surface area contributed by atoms with Crippen LogP contribution in [0.5, 0.6) is 0 Å². The maximum atomic E-state index is 13.7. The van der Waals surface area contributed by atoms with Gasteiger partial charge in [0.25, 0.3) is 0 Å². The van der Waals surface area contributed by atoms with Gasteiger partial charge in [-0.1, -0.05) is 73.5 Å². The first-order valence-electron chi connectivity index (χ1n) is 17.4. The molecule has 8 N–H and O–H groups in total. The van der Waals surface area contributed by atoms with Gasteiger partial charge in [-0.2, -0.15) is 0 Å². The molecule has 2 unspecified atom stereocenters. The Morgan fingerprint density at radius 3 is 1.12 bits per heavy atom. The molecule has 12 nitrogen and oxygen atoms in total. The van der Waals surface area contributed by atoms with Crippen LogP contribution in [0.3, 0.4) is 0 Å². The van der Waals surface area contributed by atoms with Gasteiger partial charge >= 0.3 is 15.2 Å². The van der Waals surface area contributed by atoms with Gasteiger partial charge in [0, 0.05) is 65.4 Å². The van der Waals surface area contributed by atoms with E-state index in [1.165, 1.54) is 0 Å². The van der Waals surface area contributed by atoms with E-state index in [9.17, 15) is 9.13 Å². The fraction of sp³-hybridized carbons (Fsp3) is 0.647. The summed E-state index contributed by atoms with van der Waals surface area (Å²) in [6.45, 7) is 7.07. The molecule has 0 aliphatic heterocycles. The normalized spacial score (nSPS) is 14.4. The van der Waals surface area contributed by atoms with Crippen molar-refractivity contribution in [2.75, 3.05) is 104 Å². The zero-order valence-corrected chi connectivity index (χ0v) is 30.7. The average molecular weight is 713 g/mol. The van der Waals surface area contributed by atoms with Crippen LogP contribution in [0.15, 0.2) is 60.7 Å². The molecule has 0 radical (unpaired) electrons. The smallest absolute Gasteiger partial charge is 0.329 e. The van der Waals surface area contributed by atoms with Crippen LogP contribution < -0.4 is 22.9 Å². The Hall–Kier alpha value is -1.50. The molecule has 0 spiro atoms. The Labute approximate surface area is 289 Å². The molecule has 2 rings (SSSR count). The molecule has 0 bridgehead atoms. The maximum Gasteiger partial charge on any atom is 0.331 e. The van der Waals surface area contributed by atoms with Crippen molar-refractivity contribution in [3.8, 4) is 0 Å². The number of benzene rings is 2. The van der Waals surface area contributed by atoms with Gasteiger partial charge in [0.2, 0.25) is 0 Å². The van der Waals surface area contributed by atoms with E-state index in [0.717, 1.165) is 36.8 Å². The lowest BCUT2D eigenvalue weighted by atomic mass is 10.2. The molecule has 14 heteroatoms. The monoisotopic (exact) mass is 712 g/mol. The molecule has 2 atom stereocenters. The van der Waals surface area contributed by atoms with Gasteiger partial charge in [-0.25, -0.2) is 0 Å². The molecule has 274 valence electrons. The standard InChI is InChI=1S/C34H62N6O6P2/c35-17-21-39(22-18-36)25-31-47(41,45-29-15-33-11-5-3-6-12-33)43-27-9-1-2-10-28-44-48(42,32-26-40(23-19-37)24-20-38)46-30-16-34-13-7-4-8-14-34/h3-8,11-14H,1-2,9-10,15-32,35-38H2. The second-order valence-corrected chi connectivity index (χ2v) is 16.1. The molecule has 2 aromatic carbocycles. The number of unbranched alkanes of at least 4 members (excludes halogenated alkanes) is 3. The first-order chi connectivity index (χ1) is 23.3. The van der Waals surface area contributed by atoms with E-state index in [-0.39, 0.29) is 12.3 Å². The van der Waals surface area contributed by atoms with Crippen molar-refractivity contribution in [2.24, 2.45) is 22.9 Å². The molecular formula is C34H62N6O6P2. The van der Waals surface area contributed by atoms with Crippen molar-refractivity contribution >= 4 is 15.2 Å². The fourth-order valence-electron chi connectivity index (χ4n) is 5.12. The van der Waals surface area contributed by atoms with Crippen LogP contribution in [0.1, 0.15) is 36.8 Å². The summed E-state index contributed by atoms with van der Waals surface area (Å²) in [5, 5.41) is 0. The van der Waals surface area contributed by atoms with Crippen LogP contribution in [0.2, 0.25) is 0 Å². The quantitative estimate of drug-likeness (QED) is 0.0655. The topological polar surface area (TPSA) is 182 Å². The molecule has 0 fully saturated rings. The first kappa shape index (κ1) is 42.7. The van der Waals surface area contributed by atoms with E-state index in [0.29, 0.717) is 105 Å². The first-order valence-corrected chi connectivity index (χ1v) is 20.9. The molecule has 2 aromatic rings. The van der Waals surface area contributed by atoms with Gasteiger partial charge < -0.3 is 50.8 Å². The summed E-state index contributed by atoms with van der Waals surface area (Å²) in [4.78, 5) is 4.18. The lowest BCUT2D eigenvalue weighted by Crippen LogP contribution is -2.36. The molecule has 0 saturated carbocycles. The lowest BCUT2D eigenvalue weighted by molar-refractivity contribution is 0.190. The predicted octanol–water partition coefficient (Wildman–Crippen LogP) is 3.92. The van der Waals surface area contributed by atoms with Crippen LogP contribution >= 0.6 is 15.2 Å². The van der Waals surface area contributed by atoms with Crippen molar-refractivity contribution in [1.29, 1.82) is 0 Å². The molecular weight excluding hydrogens is 650 g/mol.